The van der Waals surface area contributed by atoms with E-state index in [0.717, 1.165) is 36.7 Å². The molecule has 1 fully saturated rings. The van der Waals surface area contributed by atoms with Crippen molar-refractivity contribution >= 4 is 11.6 Å². The molecular weight excluding hydrogens is 418 g/mol. The second-order valence-electron chi connectivity index (χ2n) is 8.44. The lowest BCUT2D eigenvalue weighted by atomic mass is 9.97. The number of hydrogen-bond acceptors (Lipinski definition) is 8. The fourth-order valence-corrected chi connectivity index (χ4v) is 3.94. The van der Waals surface area contributed by atoms with Crippen molar-refractivity contribution < 1.29 is 9.47 Å². The van der Waals surface area contributed by atoms with E-state index in [0.29, 0.717) is 29.3 Å². The second kappa shape index (κ2) is 10.3. The molecule has 1 aromatic carbocycles. The molecule has 2 aromatic heterocycles. The van der Waals surface area contributed by atoms with E-state index in [1.165, 1.54) is 25.2 Å². The zero-order valence-electron chi connectivity index (χ0n) is 19.2. The SMILES string of the molecule is COc1cc(OCC2CCN(C(C)C)CC2)ccc1-c1cc(Nc2cnc(C#N)cn2)n[nH]1. The monoisotopic (exact) mass is 447 g/mol. The molecule has 0 spiro atoms. The molecule has 9 heteroatoms. The molecule has 0 saturated carbocycles. The second-order valence-corrected chi connectivity index (χ2v) is 8.44. The average Bonchev–Trinajstić information content (AvgIpc) is 3.31. The van der Waals surface area contributed by atoms with E-state index < -0.39 is 0 Å². The van der Waals surface area contributed by atoms with Gasteiger partial charge in [0.2, 0.25) is 0 Å². The number of aromatic nitrogens is 4. The van der Waals surface area contributed by atoms with E-state index in [4.69, 9.17) is 14.7 Å². The molecule has 0 amide bonds. The van der Waals surface area contributed by atoms with Crippen LogP contribution < -0.4 is 14.8 Å². The Labute approximate surface area is 193 Å². The van der Waals surface area contributed by atoms with Crippen molar-refractivity contribution in [2.45, 2.75) is 32.7 Å². The molecule has 1 aliphatic heterocycles. The van der Waals surface area contributed by atoms with Gasteiger partial charge in [-0.1, -0.05) is 0 Å². The van der Waals surface area contributed by atoms with Crippen LogP contribution in [0.4, 0.5) is 11.6 Å². The van der Waals surface area contributed by atoms with Gasteiger partial charge in [-0.05, 0) is 57.8 Å². The van der Waals surface area contributed by atoms with Gasteiger partial charge in [-0.3, -0.25) is 5.10 Å². The third-order valence-corrected chi connectivity index (χ3v) is 5.93. The number of anilines is 2. The van der Waals surface area contributed by atoms with Crippen LogP contribution in [0.2, 0.25) is 0 Å². The van der Waals surface area contributed by atoms with E-state index in [1.807, 2.05) is 30.3 Å². The van der Waals surface area contributed by atoms with Crippen molar-refractivity contribution in [1.82, 2.24) is 25.1 Å². The van der Waals surface area contributed by atoms with Crippen molar-refractivity contribution in [3.05, 3.63) is 42.4 Å². The molecule has 33 heavy (non-hydrogen) atoms. The summed E-state index contributed by atoms with van der Waals surface area (Å²) in [5, 5.41) is 19.2. The predicted octanol–water partition coefficient (Wildman–Crippen LogP) is 3.99. The maximum atomic E-state index is 8.83. The minimum absolute atomic E-state index is 0.260. The molecule has 3 aromatic rings. The zero-order valence-corrected chi connectivity index (χ0v) is 19.2. The Bertz CT molecular complexity index is 1100. The summed E-state index contributed by atoms with van der Waals surface area (Å²) in [4.78, 5) is 10.7. The van der Waals surface area contributed by atoms with Crippen LogP contribution >= 0.6 is 0 Å². The van der Waals surface area contributed by atoms with Crippen LogP contribution in [0.15, 0.2) is 36.7 Å². The number of nitrogens with zero attached hydrogens (tertiary/aromatic N) is 5. The Morgan fingerprint density at radius 3 is 2.67 bits per heavy atom. The smallest absolute Gasteiger partial charge is 0.158 e. The zero-order chi connectivity index (χ0) is 23.2. The highest BCUT2D eigenvalue weighted by Crippen LogP contribution is 2.34. The first-order chi connectivity index (χ1) is 16.1. The van der Waals surface area contributed by atoms with Crippen molar-refractivity contribution in [3.8, 4) is 28.8 Å². The Hall–Kier alpha value is -3.64. The molecule has 1 aliphatic rings. The maximum Gasteiger partial charge on any atom is 0.158 e. The van der Waals surface area contributed by atoms with Gasteiger partial charge in [0.05, 0.1) is 31.8 Å². The van der Waals surface area contributed by atoms with Gasteiger partial charge in [0.25, 0.3) is 0 Å². The molecule has 0 bridgehead atoms. The van der Waals surface area contributed by atoms with Crippen molar-refractivity contribution in [1.29, 1.82) is 5.26 Å². The number of nitriles is 1. The van der Waals surface area contributed by atoms with E-state index in [2.05, 4.69) is 44.2 Å². The third-order valence-electron chi connectivity index (χ3n) is 5.93. The molecule has 0 aliphatic carbocycles. The minimum atomic E-state index is 0.260. The summed E-state index contributed by atoms with van der Waals surface area (Å²) in [6.45, 7) is 7.50. The van der Waals surface area contributed by atoms with Gasteiger partial charge in [-0.25, -0.2) is 9.97 Å². The highest BCUT2D eigenvalue weighted by molar-refractivity contribution is 5.71. The van der Waals surface area contributed by atoms with Crippen LogP contribution in [-0.2, 0) is 0 Å². The Kier molecular flexibility index (Phi) is 7.05. The maximum absolute atomic E-state index is 8.83. The highest BCUT2D eigenvalue weighted by atomic mass is 16.5. The number of ether oxygens (including phenoxy) is 2. The third kappa shape index (κ3) is 5.59. The Morgan fingerprint density at radius 2 is 2.00 bits per heavy atom. The molecule has 9 nitrogen and oxygen atoms in total. The molecule has 3 heterocycles. The number of methoxy groups -OCH3 is 1. The van der Waals surface area contributed by atoms with Gasteiger partial charge in [0.1, 0.15) is 23.4 Å². The minimum Gasteiger partial charge on any atom is -0.496 e. The van der Waals surface area contributed by atoms with E-state index in [-0.39, 0.29) is 5.69 Å². The van der Waals surface area contributed by atoms with Crippen LogP contribution in [0.1, 0.15) is 32.4 Å². The molecule has 4 rings (SSSR count). The summed E-state index contributed by atoms with van der Waals surface area (Å²) in [5.74, 6) is 3.17. The molecule has 0 atom stereocenters. The van der Waals surface area contributed by atoms with Gasteiger partial charge in [-0.15, -0.1) is 0 Å². The van der Waals surface area contributed by atoms with E-state index >= 15 is 0 Å². The number of benzene rings is 1. The lowest BCUT2D eigenvalue weighted by Gasteiger charge is -2.34. The van der Waals surface area contributed by atoms with Crippen molar-refractivity contribution in [2.24, 2.45) is 5.92 Å². The molecule has 0 radical (unpaired) electrons. The van der Waals surface area contributed by atoms with Gasteiger partial charge >= 0.3 is 0 Å². The summed E-state index contributed by atoms with van der Waals surface area (Å²) < 4.78 is 11.7. The van der Waals surface area contributed by atoms with Crippen LogP contribution in [0.5, 0.6) is 11.5 Å². The molecule has 2 N–H and O–H groups in total. The number of nitrogens with one attached hydrogen (secondary N) is 2. The lowest BCUT2D eigenvalue weighted by Crippen LogP contribution is -2.39. The number of aromatic amines is 1. The predicted molar refractivity (Wildman–Crippen MR) is 126 cm³/mol. The average molecular weight is 448 g/mol. The van der Waals surface area contributed by atoms with Gasteiger partial charge in [0, 0.05) is 23.7 Å². The largest absolute Gasteiger partial charge is 0.496 e. The quantitative estimate of drug-likeness (QED) is 0.533. The number of rotatable bonds is 8. The topological polar surface area (TPSA) is 112 Å². The molecule has 172 valence electrons. The lowest BCUT2D eigenvalue weighted by molar-refractivity contribution is 0.119. The number of likely N-dealkylation sites (tertiary alicyclic amines) is 1. The molecule has 0 unspecified atom stereocenters. The summed E-state index contributed by atoms with van der Waals surface area (Å²) in [6, 6.07) is 10.3. The Balaban J connectivity index is 1.38. The highest BCUT2D eigenvalue weighted by Gasteiger charge is 2.21. The first kappa shape index (κ1) is 22.6. The van der Waals surface area contributed by atoms with Crippen molar-refractivity contribution in [2.75, 3.05) is 32.1 Å². The Morgan fingerprint density at radius 1 is 1.18 bits per heavy atom. The van der Waals surface area contributed by atoms with Gasteiger partial charge in [0.15, 0.2) is 11.5 Å². The summed E-state index contributed by atoms with van der Waals surface area (Å²) >= 11 is 0. The standard InChI is InChI=1S/C24H29N7O2/c1-16(2)31-8-6-17(7-9-31)15-33-19-4-5-20(22(10-19)32-3)21-11-23(30-29-21)28-24-14-26-18(12-25)13-27-24/h4-5,10-11,13-14,16-17H,6-9,15H2,1-3H3,(H2,27,28,29,30). The molecular formula is C24H29N7O2. The van der Waals surface area contributed by atoms with E-state index in [9.17, 15) is 0 Å². The van der Waals surface area contributed by atoms with Crippen LogP contribution in [0.25, 0.3) is 11.3 Å². The van der Waals surface area contributed by atoms with Gasteiger partial charge < -0.3 is 19.7 Å². The fraction of sp³-hybridized carbons (Fsp3) is 0.417. The summed E-state index contributed by atoms with van der Waals surface area (Å²) in [6.07, 6.45) is 5.24. The van der Waals surface area contributed by atoms with Crippen LogP contribution in [-0.4, -0.2) is 57.9 Å². The first-order valence-electron chi connectivity index (χ1n) is 11.2. The van der Waals surface area contributed by atoms with Crippen LogP contribution in [0.3, 0.4) is 0 Å². The van der Waals surface area contributed by atoms with Crippen molar-refractivity contribution in [3.63, 3.8) is 0 Å². The van der Waals surface area contributed by atoms with Gasteiger partial charge in [-0.2, -0.15) is 10.4 Å². The summed E-state index contributed by atoms with van der Waals surface area (Å²) in [7, 11) is 1.64. The fourth-order valence-electron chi connectivity index (χ4n) is 3.94. The number of hydrogen-bond donors (Lipinski definition) is 2. The summed E-state index contributed by atoms with van der Waals surface area (Å²) in [5.41, 5.74) is 1.93. The first-order valence-corrected chi connectivity index (χ1v) is 11.2. The van der Waals surface area contributed by atoms with E-state index in [1.54, 1.807) is 7.11 Å². The van der Waals surface area contributed by atoms with Crippen LogP contribution in [0, 0.1) is 17.2 Å². The number of H-pyrrole nitrogens is 1. The number of piperidine rings is 1. The molecule has 1 saturated heterocycles. The normalized spacial score (nSPS) is 14.8.